The van der Waals surface area contributed by atoms with E-state index < -0.39 is 0 Å². The van der Waals surface area contributed by atoms with Crippen molar-refractivity contribution in [2.24, 2.45) is 4.99 Å². The van der Waals surface area contributed by atoms with E-state index in [2.05, 4.69) is 46.0 Å². The van der Waals surface area contributed by atoms with Crippen molar-refractivity contribution < 1.29 is 4.39 Å². The second-order valence-electron chi connectivity index (χ2n) is 6.66. The molecular weight excluding hydrogens is 369 g/mol. The number of aliphatic imine (C=N–C) groups is 1. The fourth-order valence-corrected chi connectivity index (χ4v) is 3.56. The van der Waals surface area contributed by atoms with Crippen LogP contribution >= 0.6 is 15.9 Å². The second-order valence-corrected chi connectivity index (χ2v) is 7.57. The van der Waals surface area contributed by atoms with Crippen molar-refractivity contribution in [1.82, 2.24) is 10.2 Å². The molecule has 0 saturated heterocycles. The Bertz CT molecular complexity index is 995. The topological polar surface area (TPSA) is 38.1 Å². The summed E-state index contributed by atoms with van der Waals surface area (Å²) >= 11 is 3.54. The number of rotatable bonds is 1. The highest BCUT2D eigenvalue weighted by molar-refractivity contribution is 9.10. The van der Waals surface area contributed by atoms with E-state index in [-0.39, 0.29) is 16.9 Å². The fourth-order valence-electron chi connectivity index (χ4n) is 3.15. The first-order valence-corrected chi connectivity index (χ1v) is 8.53. The van der Waals surface area contributed by atoms with E-state index in [1.54, 1.807) is 6.07 Å². The van der Waals surface area contributed by atoms with Crippen LogP contribution in [0.4, 0.5) is 4.39 Å². The van der Waals surface area contributed by atoms with Crippen molar-refractivity contribution in [2.75, 3.05) is 0 Å². The van der Waals surface area contributed by atoms with Crippen LogP contribution in [0.1, 0.15) is 30.7 Å². The van der Waals surface area contributed by atoms with Crippen LogP contribution in [-0.2, 0) is 6.42 Å². The van der Waals surface area contributed by atoms with Crippen molar-refractivity contribution in [3.8, 4) is 0 Å². The number of benzene rings is 2. The van der Waals surface area contributed by atoms with Crippen molar-refractivity contribution in [2.45, 2.75) is 25.8 Å². The third-order valence-electron chi connectivity index (χ3n) is 4.17. The summed E-state index contributed by atoms with van der Waals surface area (Å²) in [5.74, 6) is -0.359. The molecule has 0 fully saturated rings. The summed E-state index contributed by atoms with van der Waals surface area (Å²) in [6.45, 7) is 4.20. The molecule has 5 heteroatoms. The van der Waals surface area contributed by atoms with Gasteiger partial charge in [-0.3, -0.25) is 4.99 Å². The standard InChI is InChI=1S/C19H15BrFN3/c1-19(2)10-12-8-13(20)6-7-14(12)18(22-19)16-9-11-4-3-5-15(21)17(11)24-23-16/h3-9H,10H2,1-2H3. The van der Waals surface area contributed by atoms with Crippen molar-refractivity contribution in [1.29, 1.82) is 0 Å². The molecule has 3 aromatic rings. The maximum absolute atomic E-state index is 13.8. The van der Waals surface area contributed by atoms with E-state index in [0.717, 1.165) is 27.6 Å². The summed E-state index contributed by atoms with van der Waals surface area (Å²) in [6, 6.07) is 12.9. The maximum atomic E-state index is 13.8. The summed E-state index contributed by atoms with van der Waals surface area (Å²) in [5.41, 5.74) is 3.83. The lowest BCUT2D eigenvalue weighted by Gasteiger charge is -2.29. The Morgan fingerprint density at radius 3 is 2.75 bits per heavy atom. The zero-order valence-electron chi connectivity index (χ0n) is 13.3. The molecule has 3 nitrogen and oxygen atoms in total. The Morgan fingerprint density at radius 2 is 1.92 bits per heavy atom. The van der Waals surface area contributed by atoms with E-state index in [1.807, 2.05) is 24.3 Å². The average Bonchev–Trinajstić information content (AvgIpc) is 2.52. The highest BCUT2D eigenvalue weighted by atomic mass is 79.9. The minimum Gasteiger partial charge on any atom is -0.276 e. The SMILES string of the molecule is CC1(C)Cc2cc(Br)ccc2C(c2cc3cccc(F)c3nn2)=N1. The van der Waals surface area contributed by atoms with E-state index in [4.69, 9.17) is 4.99 Å². The summed E-state index contributed by atoms with van der Waals surface area (Å²) in [5, 5.41) is 9.05. The van der Waals surface area contributed by atoms with Gasteiger partial charge in [0.25, 0.3) is 0 Å². The van der Waals surface area contributed by atoms with Gasteiger partial charge in [-0.05, 0) is 50.1 Å². The van der Waals surface area contributed by atoms with Crippen LogP contribution in [0.25, 0.3) is 10.9 Å². The van der Waals surface area contributed by atoms with Gasteiger partial charge in [-0.25, -0.2) is 4.39 Å². The van der Waals surface area contributed by atoms with E-state index in [1.165, 1.54) is 11.6 Å². The number of hydrogen-bond acceptors (Lipinski definition) is 3. The van der Waals surface area contributed by atoms with E-state index in [0.29, 0.717) is 5.69 Å². The molecule has 0 unspecified atom stereocenters. The van der Waals surface area contributed by atoms with Crippen molar-refractivity contribution in [3.63, 3.8) is 0 Å². The van der Waals surface area contributed by atoms with Crippen LogP contribution in [0.3, 0.4) is 0 Å². The zero-order valence-corrected chi connectivity index (χ0v) is 14.9. The summed E-state index contributed by atoms with van der Waals surface area (Å²) in [4.78, 5) is 4.89. The van der Waals surface area contributed by atoms with E-state index in [9.17, 15) is 4.39 Å². The molecule has 120 valence electrons. The minimum absolute atomic E-state index is 0.221. The molecule has 0 spiro atoms. The first kappa shape index (κ1) is 15.4. The lowest BCUT2D eigenvalue weighted by Crippen LogP contribution is -2.29. The molecule has 0 atom stereocenters. The van der Waals surface area contributed by atoms with Gasteiger partial charge in [0.2, 0.25) is 0 Å². The summed E-state index contributed by atoms with van der Waals surface area (Å²) < 4.78 is 14.9. The van der Waals surface area contributed by atoms with Gasteiger partial charge in [0, 0.05) is 15.4 Å². The van der Waals surface area contributed by atoms with Crippen LogP contribution in [0.15, 0.2) is 51.9 Å². The Balaban J connectivity index is 1.93. The molecule has 0 N–H and O–H groups in total. The molecule has 4 rings (SSSR count). The molecule has 1 aromatic heterocycles. The van der Waals surface area contributed by atoms with Crippen molar-refractivity contribution >= 4 is 32.5 Å². The minimum atomic E-state index is -0.359. The third kappa shape index (κ3) is 2.63. The first-order chi connectivity index (χ1) is 11.4. The molecule has 0 radical (unpaired) electrons. The Hall–Kier alpha value is -2.14. The Labute approximate surface area is 147 Å². The number of nitrogens with zero attached hydrogens (tertiary/aromatic N) is 3. The van der Waals surface area contributed by atoms with Crippen LogP contribution in [0.2, 0.25) is 0 Å². The van der Waals surface area contributed by atoms with Gasteiger partial charge in [0.1, 0.15) is 11.2 Å². The second kappa shape index (κ2) is 5.45. The van der Waals surface area contributed by atoms with Crippen LogP contribution in [0, 0.1) is 5.82 Å². The zero-order chi connectivity index (χ0) is 16.9. The van der Waals surface area contributed by atoms with Gasteiger partial charge in [-0.15, -0.1) is 10.2 Å². The third-order valence-corrected chi connectivity index (χ3v) is 4.66. The molecule has 0 aliphatic carbocycles. The average molecular weight is 384 g/mol. The summed E-state index contributed by atoms with van der Waals surface area (Å²) in [7, 11) is 0. The van der Waals surface area contributed by atoms with Crippen LogP contribution < -0.4 is 0 Å². The molecule has 24 heavy (non-hydrogen) atoms. The Morgan fingerprint density at radius 1 is 1.08 bits per heavy atom. The Kier molecular flexibility index (Phi) is 3.49. The monoisotopic (exact) mass is 383 g/mol. The highest BCUT2D eigenvalue weighted by Gasteiger charge is 2.28. The fraction of sp³-hybridized carbons (Fsp3) is 0.211. The molecule has 0 amide bonds. The quantitative estimate of drug-likeness (QED) is 0.610. The molecule has 0 bridgehead atoms. The lowest BCUT2D eigenvalue weighted by molar-refractivity contribution is 0.513. The highest BCUT2D eigenvalue weighted by Crippen LogP contribution is 2.31. The number of halogens is 2. The predicted octanol–water partition coefficient (Wildman–Crippen LogP) is 4.70. The van der Waals surface area contributed by atoms with Gasteiger partial charge in [0.15, 0.2) is 5.82 Å². The maximum Gasteiger partial charge on any atom is 0.151 e. The molecular formula is C19H15BrFN3. The number of fused-ring (bicyclic) bond motifs is 2. The molecule has 2 heterocycles. The number of hydrogen-bond donors (Lipinski definition) is 0. The van der Waals surface area contributed by atoms with Gasteiger partial charge in [-0.2, -0.15) is 0 Å². The predicted molar refractivity (Wildman–Crippen MR) is 97.1 cm³/mol. The number of aromatic nitrogens is 2. The van der Waals surface area contributed by atoms with Gasteiger partial charge in [0.05, 0.1) is 11.3 Å². The molecule has 1 aliphatic rings. The molecule has 1 aliphatic heterocycles. The largest absolute Gasteiger partial charge is 0.276 e. The van der Waals surface area contributed by atoms with Gasteiger partial charge in [-0.1, -0.05) is 34.1 Å². The normalized spacial score (nSPS) is 15.9. The first-order valence-electron chi connectivity index (χ1n) is 7.74. The summed E-state index contributed by atoms with van der Waals surface area (Å²) in [6.07, 6.45) is 0.862. The lowest BCUT2D eigenvalue weighted by atomic mass is 9.86. The smallest absolute Gasteiger partial charge is 0.151 e. The van der Waals surface area contributed by atoms with Gasteiger partial charge >= 0.3 is 0 Å². The van der Waals surface area contributed by atoms with E-state index >= 15 is 0 Å². The van der Waals surface area contributed by atoms with Gasteiger partial charge < -0.3 is 0 Å². The molecule has 0 saturated carbocycles. The van der Waals surface area contributed by atoms with Crippen LogP contribution in [-0.4, -0.2) is 21.4 Å². The molecule has 2 aromatic carbocycles. The van der Waals surface area contributed by atoms with Crippen molar-refractivity contribution in [3.05, 3.63) is 69.6 Å². The van der Waals surface area contributed by atoms with Crippen LogP contribution in [0.5, 0.6) is 0 Å².